The van der Waals surface area contributed by atoms with Crippen LogP contribution in [0.15, 0.2) is 0 Å². The molecule has 0 aromatic rings. The van der Waals surface area contributed by atoms with Crippen molar-refractivity contribution in [2.24, 2.45) is 0 Å². The van der Waals surface area contributed by atoms with Crippen molar-refractivity contribution in [3.05, 3.63) is 13.3 Å². The van der Waals surface area contributed by atoms with E-state index < -0.39 is 5.69 Å². The zero-order valence-corrected chi connectivity index (χ0v) is 15.6. The zero-order valence-electron chi connectivity index (χ0n) is 10.0. The molecule has 0 spiro atoms. The van der Waals surface area contributed by atoms with Crippen LogP contribution in [-0.2, 0) is 31.3 Å². The Hall–Kier alpha value is 1.54. The third-order valence-electron chi connectivity index (χ3n) is 0.854. The molecule has 0 aromatic heterocycles. The van der Waals surface area contributed by atoms with Crippen LogP contribution in [0.1, 0.15) is 46.5 Å². The monoisotopic (exact) mass is 322 g/mol. The Morgan fingerprint density at radius 2 is 1.60 bits per heavy atom. The Labute approximate surface area is 118 Å². The summed E-state index contributed by atoms with van der Waals surface area (Å²) in [5.41, 5.74) is -3.11. The molecule has 15 heavy (non-hydrogen) atoms. The van der Waals surface area contributed by atoms with Gasteiger partial charge in [0.05, 0.1) is 0 Å². The van der Waals surface area contributed by atoms with E-state index in [4.69, 9.17) is 9.79 Å². The zero-order chi connectivity index (χ0) is 12.0. The minimum absolute atomic E-state index is 0. The fraction of sp³-hybridized carbons (Fsp3) is 0.778. The van der Waals surface area contributed by atoms with Gasteiger partial charge in [-0.3, -0.25) is 0 Å². The standard InChI is InChI=1S/C6H13.C3H7.H3O2PS2.Zn/c1-3-5-6-4-2;1-3-2;1-3(2,4)5;/h1,3-6H2,2H3;3H,1-2H3;(H3,1,2,4,5);/q2*-1;;+2. The smallest absolute Gasteiger partial charge is 0.343 e. The molecule has 2 N–H and O–H groups in total. The molecule has 0 aliphatic rings. The summed E-state index contributed by atoms with van der Waals surface area (Å²) in [6.45, 7) is 9.93. The summed E-state index contributed by atoms with van der Waals surface area (Å²) < 4.78 is 0. The fourth-order valence-corrected chi connectivity index (χ4v) is 0.427. The molecule has 90 valence electrons. The maximum Gasteiger partial charge on any atom is 2.00 e. The van der Waals surface area contributed by atoms with Gasteiger partial charge in [0, 0.05) is 0 Å². The molecule has 0 aliphatic carbocycles. The van der Waals surface area contributed by atoms with E-state index in [0.29, 0.717) is 0 Å². The van der Waals surface area contributed by atoms with E-state index in [1.54, 1.807) is 0 Å². The first-order chi connectivity index (χ1) is 6.33. The van der Waals surface area contributed by atoms with Gasteiger partial charge in [-0.25, -0.2) is 0 Å². The van der Waals surface area contributed by atoms with E-state index >= 15 is 0 Å². The summed E-state index contributed by atoms with van der Waals surface area (Å²) >= 11 is 7.07. The molecule has 0 atom stereocenters. The van der Waals surface area contributed by atoms with Gasteiger partial charge in [0.1, 0.15) is 0 Å². The molecule has 0 saturated carbocycles. The molecule has 0 bridgehead atoms. The summed E-state index contributed by atoms with van der Waals surface area (Å²) in [6.07, 6.45) is 7.07. The second kappa shape index (κ2) is 20.9. The average molecular weight is 324 g/mol. The van der Waals surface area contributed by atoms with Crippen molar-refractivity contribution in [3.63, 3.8) is 0 Å². The molecule has 6 heteroatoms. The Bertz CT molecular complexity index is 119. The van der Waals surface area contributed by atoms with Crippen LogP contribution in [0.5, 0.6) is 0 Å². The van der Waals surface area contributed by atoms with E-state index in [-0.39, 0.29) is 19.5 Å². The van der Waals surface area contributed by atoms with Crippen LogP contribution in [0.3, 0.4) is 0 Å². The van der Waals surface area contributed by atoms with Crippen LogP contribution in [0, 0.1) is 13.3 Å². The van der Waals surface area contributed by atoms with Gasteiger partial charge in [0.15, 0.2) is 0 Å². The summed E-state index contributed by atoms with van der Waals surface area (Å²) in [4.78, 5) is 15.7. The van der Waals surface area contributed by atoms with Gasteiger partial charge in [-0.15, -0.1) is 0 Å². The van der Waals surface area contributed by atoms with Gasteiger partial charge in [0.2, 0.25) is 5.69 Å². The van der Waals surface area contributed by atoms with Gasteiger partial charge in [-0.1, -0.05) is 38.4 Å². The molecule has 0 unspecified atom stereocenters. The van der Waals surface area contributed by atoms with Crippen molar-refractivity contribution in [1.82, 2.24) is 0 Å². The topological polar surface area (TPSA) is 40.5 Å². The SMILES string of the molecule is C[CH-]C.OP(O)(=S)S.[CH2-]CCCCC.[Zn+2]. The molecule has 0 saturated heterocycles. The Kier molecular flexibility index (Phi) is 35.4. The quantitative estimate of drug-likeness (QED) is 0.243. The number of hydrogen-bond donors (Lipinski definition) is 3. The van der Waals surface area contributed by atoms with Gasteiger partial charge >= 0.3 is 19.5 Å². The van der Waals surface area contributed by atoms with Crippen LogP contribution >= 0.6 is 17.9 Å². The van der Waals surface area contributed by atoms with Gasteiger partial charge < -0.3 is 23.1 Å². The van der Waals surface area contributed by atoms with Crippen molar-refractivity contribution in [3.8, 4) is 0 Å². The van der Waals surface area contributed by atoms with Gasteiger partial charge in [-0.05, 0) is 11.8 Å². The van der Waals surface area contributed by atoms with Crippen molar-refractivity contribution >= 4 is 29.7 Å². The van der Waals surface area contributed by atoms with Crippen LogP contribution in [0.25, 0.3) is 0 Å². The fourth-order valence-electron chi connectivity index (χ4n) is 0.427. The van der Waals surface area contributed by atoms with Gasteiger partial charge in [-0.2, -0.15) is 20.3 Å². The summed E-state index contributed by atoms with van der Waals surface area (Å²) in [7, 11) is 0. The summed E-state index contributed by atoms with van der Waals surface area (Å²) in [6, 6.07) is 0. The maximum absolute atomic E-state index is 7.87. The summed E-state index contributed by atoms with van der Waals surface area (Å²) in [5, 5.41) is 0. The van der Waals surface area contributed by atoms with Crippen LogP contribution in [0.2, 0.25) is 0 Å². The number of unbranched alkanes of at least 4 members (excludes halogenated alkanes) is 3. The predicted molar refractivity (Wildman–Crippen MR) is 72.9 cm³/mol. The normalized spacial score (nSPS) is 8.73. The molecule has 0 aliphatic heterocycles. The first kappa shape index (κ1) is 25.4. The molecule has 0 aromatic carbocycles. The first-order valence-electron chi connectivity index (χ1n) is 4.64. The summed E-state index contributed by atoms with van der Waals surface area (Å²) in [5.74, 6) is 0. The predicted octanol–water partition coefficient (Wildman–Crippen LogP) is 3.75. The minimum Gasteiger partial charge on any atom is -0.343 e. The third kappa shape index (κ3) is 138. The average Bonchev–Trinajstić information content (AvgIpc) is 1.99. The van der Waals surface area contributed by atoms with E-state index in [1.807, 2.05) is 20.3 Å². The number of thiol groups is 1. The number of rotatable bonds is 3. The molecule has 2 nitrogen and oxygen atoms in total. The Morgan fingerprint density at radius 3 is 1.67 bits per heavy atom. The van der Waals surface area contributed by atoms with E-state index in [9.17, 15) is 0 Å². The van der Waals surface area contributed by atoms with E-state index in [2.05, 4.69) is 37.9 Å². The van der Waals surface area contributed by atoms with Crippen LogP contribution in [0.4, 0.5) is 0 Å². The Balaban J connectivity index is -0.0000000617. The van der Waals surface area contributed by atoms with E-state index in [1.165, 1.54) is 19.3 Å². The van der Waals surface area contributed by atoms with Crippen LogP contribution < -0.4 is 0 Å². The second-order valence-electron chi connectivity index (χ2n) is 2.65. The molecule has 0 heterocycles. The maximum atomic E-state index is 7.87. The molecule has 0 fully saturated rings. The third-order valence-corrected chi connectivity index (χ3v) is 0.854. The van der Waals surface area contributed by atoms with E-state index in [0.717, 1.165) is 6.42 Å². The van der Waals surface area contributed by atoms with Crippen molar-refractivity contribution < 1.29 is 29.3 Å². The van der Waals surface area contributed by atoms with Gasteiger partial charge in [0.25, 0.3) is 0 Å². The molecular formula is C9H23O2PS2Zn. The minimum atomic E-state index is -3.11. The van der Waals surface area contributed by atoms with Crippen LogP contribution in [-0.4, -0.2) is 9.79 Å². The molecule has 0 radical (unpaired) electrons. The molecular weight excluding hydrogens is 301 g/mol. The van der Waals surface area contributed by atoms with Crippen molar-refractivity contribution in [2.75, 3.05) is 0 Å². The number of hydrogen-bond acceptors (Lipinski definition) is 1. The second-order valence-corrected chi connectivity index (χ2v) is 7.69. The van der Waals surface area contributed by atoms with Crippen molar-refractivity contribution in [1.29, 1.82) is 0 Å². The molecule has 0 rings (SSSR count). The Morgan fingerprint density at radius 1 is 1.33 bits per heavy atom. The van der Waals surface area contributed by atoms with Crippen molar-refractivity contribution in [2.45, 2.75) is 46.5 Å². The molecule has 0 amide bonds. The first-order valence-corrected chi connectivity index (χ1v) is 8.50. The largest absolute Gasteiger partial charge is 2.00 e.